The first-order valence-electron chi connectivity index (χ1n) is 7.98. The van der Waals surface area contributed by atoms with Gasteiger partial charge in [-0.15, -0.1) is 11.3 Å². The summed E-state index contributed by atoms with van der Waals surface area (Å²) in [6, 6.07) is 6.28. The van der Waals surface area contributed by atoms with Crippen LogP contribution in [0, 0.1) is 20.8 Å². The average Bonchev–Trinajstić information content (AvgIpc) is 2.97. The predicted molar refractivity (Wildman–Crippen MR) is 92.3 cm³/mol. The second-order valence-electron chi connectivity index (χ2n) is 6.15. The van der Waals surface area contributed by atoms with Crippen LogP contribution in [0.3, 0.4) is 0 Å². The van der Waals surface area contributed by atoms with Crippen molar-refractivity contribution in [2.45, 2.75) is 39.7 Å². The maximum absolute atomic E-state index is 12.5. The molecule has 23 heavy (non-hydrogen) atoms. The Morgan fingerprint density at radius 3 is 2.65 bits per heavy atom. The van der Waals surface area contributed by atoms with Crippen molar-refractivity contribution in [3.8, 4) is 5.75 Å². The standard InChI is InChI=1S/C18H22N2O2S/c1-12-4-5-13(2)16(10-12)22-15-6-8-20(9-7-15)18(21)17-14(3)19-11-23-17/h4-5,10-11,15H,6-9H2,1-3H3. The lowest BCUT2D eigenvalue weighted by atomic mass is 10.1. The fourth-order valence-corrected chi connectivity index (χ4v) is 3.61. The Bertz CT molecular complexity index is 703. The SMILES string of the molecule is Cc1ccc(C)c(OC2CCN(C(=O)c3scnc3C)CC2)c1. The molecule has 1 aromatic carbocycles. The topological polar surface area (TPSA) is 42.4 Å². The molecule has 0 saturated carbocycles. The first kappa shape index (κ1) is 16.0. The van der Waals surface area contributed by atoms with Gasteiger partial charge < -0.3 is 9.64 Å². The highest BCUT2D eigenvalue weighted by Crippen LogP contribution is 2.25. The quantitative estimate of drug-likeness (QED) is 0.861. The van der Waals surface area contributed by atoms with E-state index in [4.69, 9.17) is 4.74 Å². The van der Waals surface area contributed by atoms with Crippen LogP contribution in [0.15, 0.2) is 23.7 Å². The number of ether oxygens (including phenoxy) is 1. The summed E-state index contributed by atoms with van der Waals surface area (Å²) in [5, 5.41) is 0. The van der Waals surface area contributed by atoms with Crippen molar-refractivity contribution < 1.29 is 9.53 Å². The number of aryl methyl sites for hydroxylation is 3. The normalized spacial score (nSPS) is 15.7. The van der Waals surface area contributed by atoms with Gasteiger partial charge in [0, 0.05) is 25.9 Å². The molecule has 1 fully saturated rings. The van der Waals surface area contributed by atoms with Crippen LogP contribution in [-0.4, -0.2) is 35.0 Å². The summed E-state index contributed by atoms with van der Waals surface area (Å²) < 4.78 is 6.16. The van der Waals surface area contributed by atoms with E-state index in [-0.39, 0.29) is 12.0 Å². The predicted octanol–water partition coefficient (Wildman–Crippen LogP) is 3.75. The summed E-state index contributed by atoms with van der Waals surface area (Å²) >= 11 is 1.42. The lowest BCUT2D eigenvalue weighted by molar-refractivity contribution is 0.0598. The molecule has 1 amide bonds. The van der Waals surface area contributed by atoms with Crippen LogP contribution in [-0.2, 0) is 0 Å². The van der Waals surface area contributed by atoms with Gasteiger partial charge in [0.05, 0.1) is 11.2 Å². The van der Waals surface area contributed by atoms with Gasteiger partial charge in [-0.25, -0.2) is 4.98 Å². The molecule has 0 atom stereocenters. The van der Waals surface area contributed by atoms with Gasteiger partial charge in [0.1, 0.15) is 16.7 Å². The molecule has 0 bridgehead atoms. The number of rotatable bonds is 3. The van der Waals surface area contributed by atoms with Gasteiger partial charge >= 0.3 is 0 Å². The van der Waals surface area contributed by atoms with E-state index in [9.17, 15) is 4.79 Å². The molecule has 122 valence electrons. The Hall–Kier alpha value is -1.88. The van der Waals surface area contributed by atoms with Crippen molar-refractivity contribution >= 4 is 17.2 Å². The minimum Gasteiger partial charge on any atom is -0.490 e. The van der Waals surface area contributed by atoms with E-state index in [1.807, 2.05) is 11.8 Å². The minimum atomic E-state index is 0.107. The van der Waals surface area contributed by atoms with Crippen LogP contribution < -0.4 is 4.74 Å². The van der Waals surface area contributed by atoms with E-state index in [1.165, 1.54) is 16.9 Å². The molecule has 1 aliphatic rings. The third-order valence-electron chi connectivity index (χ3n) is 4.31. The molecule has 4 nitrogen and oxygen atoms in total. The average molecular weight is 330 g/mol. The number of nitrogens with zero attached hydrogens (tertiary/aromatic N) is 2. The molecule has 0 N–H and O–H groups in total. The van der Waals surface area contributed by atoms with Gasteiger partial charge in [-0.1, -0.05) is 12.1 Å². The lowest BCUT2D eigenvalue weighted by Crippen LogP contribution is -2.41. The number of carbonyl (C=O) groups excluding carboxylic acids is 1. The van der Waals surface area contributed by atoms with Gasteiger partial charge in [0.2, 0.25) is 0 Å². The Kier molecular flexibility index (Phi) is 4.66. The van der Waals surface area contributed by atoms with Gasteiger partial charge in [-0.3, -0.25) is 4.79 Å². The number of hydrogen-bond donors (Lipinski definition) is 0. The van der Waals surface area contributed by atoms with Crippen molar-refractivity contribution in [3.05, 3.63) is 45.4 Å². The van der Waals surface area contributed by atoms with Crippen LogP contribution in [0.5, 0.6) is 5.75 Å². The van der Waals surface area contributed by atoms with Crippen LogP contribution in [0.25, 0.3) is 0 Å². The van der Waals surface area contributed by atoms with Crippen LogP contribution >= 0.6 is 11.3 Å². The maximum atomic E-state index is 12.5. The van der Waals surface area contributed by atoms with E-state index in [0.29, 0.717) is 0 Å². The molecule has 0 aliphatic carbocycles. The van der Waals surface area contributed by atoms with Crippen molar-refractivity contribution in [3.63, 3.8) is 0 Å². The zero-order valence-electron chi connectivity index (χ0n) is 13.8. The van der Waals surface area contributed by atoms with Crippen LogP contribution in [0.1, 0.15) is 39.3 Å². The summed E-state index contributed by atoms with van der Waals surface area (Å²) in [6.07, 6.45) is 1.93. The van der Waals surface area contributed by atoms with E-state index in [0.717, 1.165) is 47.8 Å². The smallest absolute Gasteiger partial charge is 0.265 e. The van der Waals surface area contributed by atoms with Gasteiger partial charge in [0.25, 0.3) is 5.91 Å². The van der Waals surface area contributed by atoms with Crippen molar-refractivity contribution in [1.82, 2.24) is 9.88 Å². The Labute approximate surface area is 141 Å². The lowest BCUT2D eigenvalue weighted by Gasteiger charge is -2.32. The molecule has 3 rings (SSSR count). The number of thiazole rings is 1. The second kappa shape index (κ2) is 6.71. The second-order valence-corrected chi connectivity index (χ2v) is 7.00. The molecule has 1 aromatic heterocycles. The molecule has 1 saturated heterocycles. The molecule has 1 aliphatic heterocycles. The van der Waals surface area contributed by atoms with E-state index in [1.54, 1.807) is 5.51 Å². The monoisotopic (exact) mass is 330 g/mol. The number of hydrogen-bond acceptors (Lipinski definition) is 4. The summed E-state index contributed by atoms with van der Waals surface area (Å²) in [7, 11) is 0. The van der Waals surface area contributed by atoms with Crippen molar-refractivity contribution in [2.75, 3.05) is 13.1 Å². The first-order valence-corrected chi connectivity index (χ1v) is 8.86. The number of carbonyl (C=O) groups is 1. The molecular weight excluding hydrogens is 308 g/mol. The third-order valence-corrected chi connectivity index (χ3v) is 5.22. The molecule has 0 unspecified atom stereocenters. The van der Waals surface area contributed by atoms with Crippen LogP contribution in [0.2, 0.25) is 0 Å². The van der Waals surface area contributed by atoms with Crippen LogP contribution in [0.4, 0.5) is 0 Å². The zero-order valence-corrected chi connectivity index (χ0v) is 14.7. The molecule has 2 aromatic rings. The summed E-state index contributed by atoms with van der Waals surface area (Å²) in [4.78, 5) is 19.4. The summed E-state index contributed by atoms with van der Waals surface area (Å²) in [5.74, 6) is 1.07. The molecule has 2 heterocycles. The Morgan fingerprint density at radius 2 is 2.00 bits per heavy atom. The van der Waals surface area contributed by atoms with Gasteiger partial charge in [-0.2, -0.15) is 0 Å². The highest BCUT2D eigenvalue weighted by atomic mass is 32.1. The number of amides is 1. The summed E-state index contributed by atoms with van der Waals surface area (Å²) in [5.41, 5.74) is 4.93. The Balaban J connectivity index is 1.59. The molecule has 0 spiro atoms. The number of piperidine rings is 1. The molecule has 0 radical (unpaired) electrons. The number of benzene rings is 1. The zero-order chi connectivity index (χ0) is 16.4. The largest absolute Gasteiger partial charge is 0.490 e. The fourth-order valence-electron chi connectivity index (χ4n) is 2.84. The minimum absolute atomic E-state index is 0.107. The van der Waals surface area contributed by atoms with Gasteiger partial charge in [-0.05, 0) is 38.0 Å². The Morgan fingerprint density at radius 1 is 1.26 bits per heavy atom. The van der Waals surface area contributed by atoms with Crippen molar-refractivity contribution in [1.29, 1.82) is 0 Å². The fraction of sp³-hybridized carbons (Fsp3) is 0.444. The molecular formula is C18H22N2O2S. The molecule has 5 heteroatoms. The van der Waals surface area contributed by atoms with E-state index >= 15 is 0 Å². The summed E-state index contributed by atoms with van der Waals surface area (Å²) in [6.45, 7) is 7.52. The maximum Gasteiger partial charge on any atom is 0.265 e. The van der Waals surface area contributed by atoms with Crippen molar-refractivity contribution in [2.24, 2.45) is 0 Å². The third kappa shape index (κ3) is 3.55. The van der Waals surface area contributed by atoms with Gasteiger partial charge in [0.15, 0.2) is 0 Å². The van der Waals surface area contributed by atoms with E-state index < -0.39 is 0 Å². The van der Waals surface area contributed by atoms with E-state index in [2.05, 4.69) is 37.0 Å². The first-order chi connectivity index (χ1) is 11.0. The highest BCUT2D eigenvalue weighted by molar-refractivity contribution is 7.11. The number of likely N-dealkylation sites (tertiary alicyclic amines) is 1. The number of aromatic nitrogens is 1. The highest BCUT2D eigenvalue weighted by Gasteiger charge is 2.26.